The van der Waals surface area contributed by atoms with Crippen LogP contribution in [-0.2, 0) is 10.0 Å². The Labute approximate surface area is 138 Å². The molecule has 2 aromatic heterocycles. The number of hydrogen-bond donors (Lipinski definition) is 1. The van der Waals surface area contributed by atoms with Gasteiger partial charge >= 0.3 is 0 Å². The van der Waals surface area contributed by atoms with E-state index in [1.54, 1.807) is 50.6 Å². The lowest BCUT2D eigenvalue weighted by molar-refractivity contribution is 0.521. The van der Waals surface area contributed by atoms with Crippen LogP contribution in [0.4, 0.5) is 0 Å². The van der Waals surface area contributed by atoms with Crippen molar-refractivity contribution in [1.82, 2.24) is 14.7 Å². The van der Waals surface area contributed by atoms with E-state index in [1.165, 1.54) is 11.3 Å². The molecule has 0 aliphatic carbocycles. The van der Waals surface area contributed by atoms with E-state index in [0.29, 0.717) is 11.6 Å². The Hall–Kier alpha value is -2.03. The Morgan fingerprint density at radius 1 is 1.26 bits per heavy atom. The summed E-state index contributed by atoms with van der Waals surface area (Å²) in [6.45, 7) is 3.52. The van der Waals surface area contributed by atoms with Crippen molar-refractivity contribution in [2.45, 2.75) is 24.8 Å². The molecule has 0 radical (unpaired) electrons. The third-order valence-electron chi connectivity index (χ3n) is 3.23. The number of rotatable bonds is 5. The summed E-state index contributed by atoms with van der Waals surface area (Å²) < 4.78 is 32.6. The number of thiazole rings is 1. The molecule has 1 atom stereocenters. The minimum absolute atomic E-state index is 0.199. The first-order valence-corrected chi connectivity index (χ1v) is 9.26. The molecule has 23 heavy (non-hydrogen) atoms. The fourth-order valence-corrected chi connectivity index (χ4v) is 4.03. The third-order valence-corrected chi connectivity index (χ3v) is 5.75. The summed E-state index contributed by atoms with van der Waals surface area (Å²) >= 11 is 1.41. The van der Waals surface area contributed by atoms with Gasteiger partial charge in [0.1, 0.15) is 17.0 Å². The Bertz CT molecular complexity index is 884. The van der Waals surface area contributed by atoms with Crippen LogP contribution < -0.4 is 4.72 Å². The maximum Gasteiger partial charge on any atom is 0.241 e. The number of oxazole rings is 1. The van der Waals surface area contributed by atoms with Crippen LogP contribution in [0.15, 0.2) is 51.4 Å². The van der Waals surface area contributed by atoms with Gasteiger partial charge in [-0.3, -0.25) is 0 Å². The summed E-state index contributed by atoms with van der Waals surface area (Å²) in [5, 5.41) is 2.54. The number of nitrogens with one attached hydrogen (secondary N) is 1. The Morgan fingerprint density at radius 2 is 2.00 bits per heavy atom. The van der Waals surface area contributed by atoms with Crippen LogP contribution >= 0.6 is 11.3 Å². The number of hydrogen-bond acceptors (Lipinski definition) is 6. The van der Waals surface area contributed by atoms with Gasteiger partial charge in [0.25, 0.3) is 0 Å². The van der Waals surface area contributed by atoms with Gasteiger partial charge in [0.15, 0.2) is 5.89 Å². The van der Waals surface area contributed by atoms with Gasteiger partial charge < -0.3 is 4.42 Å². The minimum Gasteiger partial charge on any atom is -0.449 e. The number of benzene rings is 1. The molecule has 0 bridgehead atoms. The minimum atomic E-state index is -3.61. The summed E-state index contributed by atoms with van der Waals surface area (Å²) in [6, 6.07) is 6.14. The van der Waals surface area contributed by atoms with Gasteiger partial charge in [-0.25, -0.2) is 23.1 Å². The standard InChI is InChI=1S/C15H15N3O3S2/c1-10(15-16-7-8-22-15)18-23(19,20)13-5-3-12(4-6-13)14-9-21-11(2)17-14/h3-10,18H,1-2H3. The molecule has 8 heteroatoms. The molecule has 3 rings (SSSR count). The molecular weight excluding hydrogens is 334 g/mol. The van der Waals surface area contributed by atoms with Gasteiger partial charge in [0, 0.05) is 24.1 Å². The van der Waals surface area contributed by atoms with Gasteiger partial charge in [-0.05, 0) is 19.1 Å². The Morgan fingerprint density at radius 3 is 2.57 bits per heavy atom. The smallest absolute Gasteiger partial charge is 0.241 e. The van der Waals surface area contributed by atoms with Crippen molar-refractivity contribution in [2.75, 3.05) is 0 Å². The predicted octanol–water partition coefficient (Wildman–Crippen LogP) is 3.15. The Kier molecular flexibility index (Phi) is 4.29. The quantitative estimate of drug-likeness (QED) is 0.765. The van der Waals surface area contributed by atoms with Crippen molar-refractivity contribution in [2.24, 2.45) is 0 Å². The molecule has 0 saturated carbocycles. The van der Waals surface area contributed by atoms with E-state index in [-0.39, 0.29) is 10.9 Å². The predicted molar refractivity (Wildman–Crippen MR) is 87.5 cm³/mol. The molecule has 1 unspecified atom stereocenters. The van der Waals surface area contributed by atoms with Gasteiger partial charge in [-0.15, -0.1) is 11.3 Å². The van der Waals surface area contributed by atoms with Gasteiger partial charge in [0.05, 0.1) is 10.9 Å². The summed E-state index contributed by atoms with van der Waals surface area (Å²) in [6.07, 6.45) is 3.20. The average molecular weight is 349 g/mol. The zero-order chi connectivity index (χ0) is 16.4. The van der Waals surface area contributed by atoms with Crippen molar-refractivity contribution in [3.8, 4) is 11.3 Å². The maximum atomic E-state index is 12.4. The molecule has 2 heterocycles. The van der Waals surface area contributed by atoms with Crippen molar-refractivity contribution >= 4 is 21.4 Å². The second-order valence-electron chi connectivity index (χ2n) is 4.99. The normalized spacial score (nSPS) is 13.1. The highest BCUT2D eigenvalue weighted by Crippen LogP contribution is 2.22. The SMILES string of the molecule is Cc1nc(-c2ccc(S(=O)(=O)NC(C)c3nccs3)cc2)co1. The summed E-state index contributed by atoms with van der Waals surface area (Å²) in [7, 11) is -3.61. The highest BCUT2D eigenvalue weighted by molar-refractivity contribution is 7.89. The molecule has 6 nitrogen and oxygen atoms in total. The van der Waals surface area contributed by atoms with Crippen molar-refractivity contribution < 1.29 is 12.8 Å². The molecule has 0 aliphatic heterocycles. The van der Waals surface area contributed by atoms with Gasteiger partial charge in [-0.2, -0.15) is 0 Å². The summed E-state index contributed by atoms with van der Waals surface area (Å²) in [4.78, 5) is 8.54. The molecule has 1 N–H and O–H groups in total. The number of sulfonamides is 1. The zero-order valence-corrected chi connectivity index (χ0v) is 14.2. The first-order chi connectivity index (χ1) is 11.0. The number of nitrogens with zero attached hydrogens (tertiary/aromatic N) is 2. The van der Waals surface area contributed by atoms with Crippen LogP contribution in [-0.4, -0.2) is 18.4 Å². The molecule has 0 aliphatic rings. The summed E-state index contributed by atoms with van der Waals surface area (Å²) in [5.74, 6) is 0.565. The van der Waals surface area contributed by atoms with Crippen LogP contribution in [0.5, 0.6) is 0 Å². The Balaban J connectivity index is 1.80. The molecule has 0 fully saturated rings. The summed E-state index contributed by atoms with van der Waals surface area (Å²) in [5.41, 5.74) is 1.48. The van der Waals surface area contributed by atoms with Crippen molar-refractivity contribution in [3.05, 3.63) is 53.0 Å². The largest absolute Gasteiger partial charge is 0.449 e. The molecule has 1 aromatic carbocycles. The fourth-order valence-electron chi connectivity index (χ4n) is 2.10. The van der Waals surface area contributed by atoms with Crippen LogP contribution in [0.2, 0.25) is 0 Å². The number of aryl methyl sites for hydroxylation is 1. The lowest BCUT2D eigenvalue weighted by atomic mass is 10.2. The first-order valence-electron chi connectivity index (χ1n) is 6.90. The zero-order valence-electron chi connectivity index (χ0n) is 12.6. The van der Waals surface area contributed by atoms with E-state index in [0.717, 1.165) is 10.6 Å². The van der Waals surface area contributed by atoms with Crippen LogP contribution in [0.1, 0.15) is 23.9 Å². The van der Waals surface area contributed by atoms with E-state index in [1.807, 2.05) is 5.38 Å². The monoisotopic (exact) mass is 349 g/mol. The lowest BCUT2D eigenvalue weighted by Gasteiger charge is -2.12. The maximum absolute atomic E-state index is 12.4. The molecule has 0 spiro atoms. The van der Waals surface area contributed by atoms with Gasteiger partial charge in [-0.1, -0.05) is 12.1 Å². The van der Waals surface area contributed by atoms with Crippen LogP contribution in [0.3, 0.4) is 0 Å². The molecule has 0 saturated heterocycles. The van der Waals surface area contributed by atoms with Crippen molar-refractivity contribution in [3.63, 3.8) is 0 Å². The van der Waals surface area contributed by atoms with E-state index in [2.05, 4.69) is 14.7 Å². The molecule has 3 aromatic rings. The molecule has 120 valence electrons. The van der Waals surface area contributed by atoms with Crippen LogP contribution in [0, 0.1) is 6.92 Å². The second-order valence-corrected chi connectivity index (χ2v) is 7.63. The van der Waals surface area contributed by atoms with E-state index >= 15 is 0 Å². The lowest BCUT2D eigenvalue weighted by Crippen LogP contribution is -2.26. The highest BCUT2D eigenvalue weighted by atomic mass is 32.2. The van der Waals surface area contributed by atoms with Gasteiger partial charge in [0.2, 0.25) is 10.0 Å². The third kappa shape index (κ3) is 3.49. The average Bonchev–Trinajstić information content (AvgIpc) is 3.18. The first kappa shape index (κ1) is 15.9. The van der Waals surface area contributed by atoms with Crippen LogP contribution in [0.25, 0.3) is 11.3 Å². The molecular formula is C15H15N3O3S2. The van der Waals surface area contributed by atoms with E-state index in [9.17, 15) is 8.42 Å². The second kappa shape index (κ2) is 6.23. The highest BCUT2D eigenvalue weighted by Gasteiger charge is 2.19. The topological polar surface area (TPSA) is 85.1 Å². The van der Waals surface area contributed by atoms with Crippen molar-refractivity contribution in [1.29, 1.82) is 0 Å². The fraction of sp³-hybridized carbons (Fsp3) is 0.200. The molecule has 0 amide bonds. The van der Waals surface area contributed by atoms with E-state index < -0.39 is 10.0 Å². The van der Waals surface area contributed by atoms with E-state index in [4.69, 9.17) is 4.42 Å². The number of aromatic nitrogens is 2.